The van der Waals surface area contributed by atoms with Gasteiger partial charge in [-0.25, -0.2) is 0 Å². The molecule has 0 aliphatic rings. The van der Waals surface area contributed by atoms with Crippen LogP contribution in [0.3, 0.4) is 0 Å². The van der Waals surface area contributed by atoms with Crippen molar-refractivity contribution in [1.82, 2.24) is 0 Å². The van der Waals surface area contributed by atoms with Gasteiger partial charge in [0.2, 0.25) is 0 Å². The fraction of sp³-hybridized carbons (Fsp3) is 0.400. The Morgan fingerprint density at radius 3 is 2.50 bits per heavy atom. The molecule has 0 aromatic heterocycles. The monoisotopic (exact) mass is 184 g/mol. The van der Waals surface area contributed by atoms with E-state index in [0.29, 0.717) is 5.92 Å². The van der Waals surface area contributed by atoms with Crippen molar-refractivity contribution >= 4 is 11.6 Å². The van der Waals surface area contributed by atoms with E-state index < -0.39 is 0 Å². The molecule has 0 unspecified atom stereocenters. The summed E-state index contributed by atoms with van der Waals surface area (Å²) in [4.78, 5) is 0. The van der Waals surface area contributed by atoms with Crippen molar-refractivity contribution in [3.63, 3.8) is 0 Å². The average Bonchev–Trinajstić information content (AvgIpc) is 2.03. The molecule has 12 heavy (non-hydrogen) atoms. The Morgan fingerprint density at radius 2 is 2.08 bits per heavy atom. The largest absolute Gasteiger partial charge is 0.392 e. The fourth-order valence-electron chi connectivity index (χ4n) is 1.14. The molecule has 0 atom stereocenters. The van der Waals surface area contributed by atoms with Crippen LogP contribution in [-0.4, -0.2) is 5.11 Å². The Labute approximate surface area is 78.0 Å². The Kier molecular flexibility index (Phi) is 3.12. The van der Waals surface area contributed by atoms with Gasteiger partial charge in [-0.15, -0.1) is 0 Å². The predicted octanol–water partition coefficient (Wildman–Crippen LogP) is 2.96. The Balaban J connectivity index is 3.03. The van der Waals surface area contributed by atoms with E-state index in [1.807, 2.05) is 18.2 Å². The van der Waals surface area contributed by atoms with Gasteiger partial charge >= 0.3 is 0 Å². The molecule has 0 aliphatic heterocycles. The Hall–Kier alpha value is -0.530. The van der Waals surface area contributed by atoms with Crippen LogP contribution < -0.4 is 0 Å². The molecule has 1 rings (SSSR count). The zero-order valence-electron chi connectivity index (χ0n) is 7.34. The molecule has 0 spiro atoms. The SMILES string of the molecule is CC(C)c1ccc(CO)cc1Cl. The van der Waals surface area contributed by atoms with E-state index >= 15 is 0 Å². The molecule has 0 heterocycles. The van der Waals surface area contributed by atoms with Crippen LogP contribution >= 0.6 is 11.6 Å². The minimum atomic E-state index is 0.0537. The second-order valence-corrected chi connectivity index (χ2v) is 3.58. The predicted molar refractivity (Wildman–Crippen MR) is 51.5 cm³/mol. The van der Waals surface area contributed by atoms with E-state index in [2.05, 4.69) is 13.8 Å². The first kappa shape index (κ1) is 9.56. The van der Waals surface area contributed by atoms with E-state index in [-0.39, 0.29) is 6.61 Å². The lowest BCUT2D eigenvalue weighted by atomic mass is 10.0. The summed E-state index contributed by atoms with van der Waals surface area (Å²) >= 11 is 5.99. The number of aliphatic hydroxyl groups is 1. The molecule has 2 heteroatoms. The van der Waals surface area contributed by atoms with Crippen molar-refractivity contribution < 1.29 is 5.11 Å². The quantitative estimate of drug-likeness (QED) is 0.750. The minimum absolute atomic E-state index is 0.0537. The first-order valence-corrected chi connectivity index (χ1v) is 4.42. The molecule has 1 aromatic carbocycles. The lowest BCUT2D eigenvalue weighted by molar-refractivity contribution is 0.282. The van der Waals surface area contributed by atoms with Crippen LogP contribution in [0.1, 0.15) is 30.9 Å². The summed E-state index contributed by atoms with van der Waals surface area (Å²) in [6, 6.07) is 5.69. The summed E-state index contributed by atoms with van der Waals surface area (Å²) in [6.45, 7) is 4.25. The summed E-state index contributed by atoms with van der Waals surface area (Å²) in [5.74, 6) is 0.435. The summed E-state index contributed by atoms with van der Waals surface area (Å²) in [7, 11) is 0. The van der Waals surface area contributed by atoms with E-state index in [1.54, 1.807) is 0 Å². The highest BCUT2D eigenvalue weighted by atomic mass is 35.5. The van der Waals surface area contributed by atoms with Crippen molar-refractivity contribution in [2.45, 2.75) is 26.4 Å². The lowest BCUT2D eigenvalue weighted by Crippen LogP contribution is -1.90. The third-order valence-corrected chi connectivity index (χ3v) is 2.20. The zero-order valence-corrected chi connectivity index (χ0v) is 8.10. The van der Waals surface area contributed by atoms with E-state index in [9.17, 15) is 0 Å². The number of rotatable bonds is 2. The van der Waals surface area contributed by atoms with Crippen LogP contribution in [0.5, 0.6) is 0 Å². The van der Waals surface area contributed by atoms with Crippen LogP contribution in [0.4, 0.5) is 0 Å². The maximum Gasteiger partial charge on any atom is 0.0682 e. The molecule has 0 fully saturated rings. The van der Waals surface area contributed by atoms with Crippen LogP contribution in [0.25, 0.3) is 0 Å². The van der Waals surface area contributed by atoms with Gasteiger partial charge in [-0.3, -0.25) is 0 Å². The fourth-order valence-corrected chi connectivity index (χ4v) is 1.56. The minimum Gasteiger partial charge on any atom is -0.392 e. The highest BCUT2D eigenvalue weighted by Crippen LogP contribution is 2.24. The normalized spacial score (nSPS) is 10.8. The zero-order chi connectivity index (χ0) is 9.14. The molecule has 0 radical (unpaired) electrons. The van der Waals surface area contributed by atoms with Crippen LogP contribution in [0.2, 0.25) is 5.02 Å². The molecule has 0 saturated heterocycles. The number of benzene rings is 1. The average molecular weight is 185 g/mol. The highest BCUT2D eigenvalue weighted by Gasteiger charge is 2.04. The molecular formula is C10H13ClO. The smallest absolute Gasteiger partial charge is 0.0682 e. The van der Waals surface area contributed by atoms with Crippen molar-refractivity contribution in [3.05, 3.63) is 34.3 Å². The van der Waals surface area contributed by atoms with Crippen LogP contribution in [0.15, 0.2) is 18.2 Å². The molecule has 1 nitrogen and oxygen atoms in total. The summed E-state index contributed by atoms with van der Waals surface area (Å²) in [5, 5.41) is 9.58. The highest BCUT2D eigenvalue weighted by molar-refractivity contribution is 6.31. The van der Waals surface area contributed by atoms with Gasteiger partial charge < -0.3 is 5.11 Å². The van der Waals surface area contributed by atoms with Gasteiger partial charge in [0.25, 0.3) is 0 Å². The number of halogens is 1. The standard InChI is InChI=1S/C10H13ClO/c1-7(2)9-4-3-8(6-12)5-10(9)11/h3-5,7,12H,6H2,1-2H3. The number of hydrogen-bond donors (Lipinski definition) is 1. The number of aliphatic hydroxyl groups excluding tert-OH is 1. The van der Waals surface area contributed by atoms with Crippen molar-refractivity contribution in [3.8, 4) is 0 Å². The van der Waals surface area contributed by atoms with Gasteiger partial charge in [0, 0.05) is 5.02 Å². The van der Waals surface area contributed by atoms with Crippen molar-refractivity contribution in [2.24, 2.45) is 0 Å². The van der Waals surface area contributed by atoms with E-state index in [0.717, 1.165) is 16.1 Å². The molecule has 1 aromatic rings. The van der Waals surface area contributed by atoms with Gasteiger partial charge in [0.05, 0.1) is 6.61 Å². The summed E-state index contributed by atoms with van der Waals surface area (Å²) in [5.41, 5.74) is 2.00. The second kappa shape index (κ2) is 3.92. The van der Waals surface area contributed by atoms with Gasteiger partial charge in [-0.2, -0.15) is 0 Å². The van der Waals surface area contributed by atoms with Crippen molar-refractivity contribution in [2.75, 3.05) is 0 Å². The first-order chi connectivity index (χ1) is 5.65. The molecule has 0 bridgehead atoms. The summed E-state index contributed by atoms with van der Waals surface area (Å²) in [6.07, 6.45) is 0. The van der Waals surface area contributed by atoms with E-state index in [4.69, 9.17) is 16.7 Å². The van der Waals surface area contributed by atoms with Crippen LogP contribution in [0, 0.1) is 0 Å². The Bertz CT molecular complexity index is 269. The third kappa shape index (κ3) is 1.99. The molecular weight excluding hydrogens is 172 g/mol. The van der Waals surface area contributed by atoms with Gasteiger partial charge in [0.1, 0.15) is 0 Å². The molecule has 0 saturated carbocycles. The van der Waals surface area contributed by atoms with E-state index in [1.165, 1.54) is 0 Å². The topological polar surface area (TPSA) is 20.2 Å². The maximum absolute atomic E-state index is 8.83. The van der Waals surface area contributed by atoms with Gasteiger partial charge in [-0.1, -0.05) is 37.6 Å². The first-order valence-electron chi connectivity index (χ1n) is 4.04. The summed E-state index contributed by atoms with van der Waals surface area (Å²) < 4.78 is 0. The maximum atomic E-state index is 8.83. The molecule has 0 amide bonds. The molecule has 1 N–H and O–H groups in total. The van der Waals surface area contributed by atoms with Crippen LogP contribution in [-0.2, 0) is 6.61 Å². The van der Waals surface area contributed by atoms with Crippen molar-refractivity contribution in [1.29, 1.82) is 0 Å². The van der Waals surface area contributed by atoms with Gasteiger partial charge in [0.15, 0.2) is 0 Å². The third-order valence-electron chi connectivity index (χ3n) is 1.87. The number of hydrogen-bond acceptors (Lipinski definition) is 1. The Morgan fingerprint density at radius 1 is 1.42 bits per heavy atom. The lowest BCUT2D eigenvalue weighted by Gasteiger charge is -2.08. The second-order valence-electron chi connectivity index (χ2n) is 3.17. The van der Waals surface area contributed by atoms with Gasteiger partial charge in [-0.05, 0) is 23.1 Å². The molecule has 66 valence electrons. The molecule has 0 aliphatic carbocycles.